The maximum absolute atomic E-state index is 14.9. The third-order valence-electron chi connectivity index (χ3n) is 7.17. The van der Waals surface area contributed by atoms with E-state index in [-0.39, 0.29) is 34.5 Å². The second-order valence-electron chi connectivity index (χ2n) is 11.1. The van der Waals surface area contributed by atoms with Crippen molar-refractivity contribution in [2.75, 3.05) is 36.4 Å². The number of nitrogens with one attached hydrogen (secondary N) is 2. The van der Waals surface area contributed by atoms with Gasteiger partial charge in [-0.25, -0.2) is 13.6 Å². The number of benzene rings is 1. The van der Waals surface area contributed by atoms with Gasteiger partial charge in [0.25, 0.3) is 5.56 Å². The molecule has 2 aromatic heterocycles. The van der Waals surface area contributed by atoms with Crippen molar-refractivity contribution >= 4 is 33.7 Å². The molecule has 1 atom stereocenters. The lowest BCUT2D eigenvalue weighted by Crippen LogP contribution is -2.31. The van der Waals surface area contributed by atoms with Crippen LogP contribution in [0.5, 0.6) is 0 Å². The van der Waals surface area contributed by atoms with Gasteiger partial charge in [-0.05, 0) is 83.3 Å². The molecule has 0 bridgehead atoms. The summed E-state index contributed by atoms with van der Waals surface area (Å²) in [7, 11) is 2.06. The Hall–Kier alpha value is -3.06. The van der Waals surface area contributed by atoms with E-state index >= 15 is 0 Å². The van der Waals surface area contributed by atoms with Gasteiger partial charge in [-0.2, -0.15) is 18.2 Å². The molecular formula is C28H36F4N6O2S. The fourth-order valence-corrected chi connectivity index (χ4v) is 6.14. The summed E-state index contributed by atoms with van der Waals surface area (Å²) in [6.45, 7) is 4.79. The van der Waals surface area contributed by atoms with E-state index in [1.54, 1.807) is 16.8 Å². The van der Waals surface area contributed by atoms with Crippen LogP contribution in [-0.4, -0.2) is 62.3 Å². The number of alkyl halides is 3. The minimum Gasteiger partial charge on any atom is -0.351 e. The SMILES string of the molecule is CC(C)n1c(=O)c(-c2ccc(NS(=O)CCC(F)(F)F)c(F)c2)cc2cnc(NC3CCC(CN(C)C)CC3)nc21. The molecule has 1 unspecified atom stereocenters. The molecule has 0 spiro atoms. The zero-order chi connectivity index (χ0) is 29.9. The van der Waals surface area contributed by atoms with Crippen LogP contribution in [0.4, 0.5) is 29.2 Å². The highest BCUT2D eigenvalue weighted by atomic mass is 32.2. The minimum absolute atomic E-state index is 0.214. The lowest BCUT2D eigenvalue weighted by Gasteiger charge is -2.30. The molecule has 3 aromatic rings. The maximum atomic E-state index is 14.9. The Balaban J connectivity index is 1.56. The van der Waals surface area contributed by atoms with Crippen molar-refractivity contribution in [3.05, 3.63) is 46.6 Å². The van der Waals surface area contributed by atoms with Crippen LogP contribution in [-0.2, 0) is 11.0 Å². The number of rotatable bonds is 10. The van der Waals surface area contributed by atoms with Crippen LogP contribution in [0.2, 0.25) is 0 Å². The van der Waals surface area contributed by atoms with Crippen molar-refractivity contribution in [3.63, 3.8) is 0 Å². The highest BCUT2D eigenvalue weighted by Gasteiger charge is 2.28. The van der Waals surface area contributed by atoms with Crippen molar-refractivity contribution in [1.82, 2.24) is 19.4 Å². The number of halogens is 4. The summed E-state index contributed by atoms with van der Waals surface area (Å²) in [5.74, 6) is -0.413. The molecule has 0 aliphatic heterocycles. The van der Waals surface area contributed by atoms with Crippen LogP contribution in [0.1, 0.15) is 52.0 Å². The predicted molar refractivity (Wildman–Crippen MR) is 155 cm³/mol. The highest BCUT2D eigenvalue weighted by Crippen LogP contribution is 2.29. The lowest BCUT2D eigenvalue weighted by atomic mass is 9.86. The maximum Gasteiger partial charge on any atom is 0.390 e. The Labute approximate surface area is 239 Å². The Kier molecular flexibility index (Phi) is 9.68. The zero-order valence-electron chi connectivity index (χ0n) is 23.6. The van der Waals surface area contributed by atoms with E-state index in [1.807, 2.05) is 13.8 Å². The van der Waals surface area contributed by atoms with E-state index in [4.69, 9.17) is 0 Å². The predicted octanol–water partition coefficient (Wildman–Crippen LogP) is 5.74. The molecule has 41 heavy (non-hydrogen) atoms. The smallest absolute Gasteiger partial charge is 0.351 e. The van der Waals surface area contributed by atoms with Crippen LogP contribution in [0.15, 0.2) is 35.3 Å². The minimum atomic E-state index is -4.46. The third kappa shape index (κ3) is 8.03. The van der Waals surface area contributed by atoms with Crippen LogP contribution >= 0.6 is 0 Å². The van der Waals surface area contributed by atoms with Gasteiger partial charge < -0.3 is 14.9 Å². The van der Waals surface area contributed by atoms with Gasteiger partial charge in [-0.3, -0.25) is 9.36 Å². The summed E-state index contributed by atoms with van der Waals surface area (Å²) in [5, 5.41) is 4.03. The van der Waals surface area contributed by atoms with Gasteiger partial charge in [0.15, 0.2) is 0 Å². The summed E-state index contributed by atoms with van der Waals surface area (Å²) in [4.78, 5) is 25.0. The Morgan fingerprint density at radius 2 is 1.85 bits per heavy atom. The number of pyridine rings is 1. The van der Waals surface area contributed by atoms with Gasteiger partial charge in [0.1, 0.15) is 22.5 Å². The molecule has 0 amide bonds. The van der Waals surface area contributed by atoms with Crippen LogP contribution in [0.3, 0.4) is 0 Å². The summed E-state index contributed by atoms with van der Waals surface area (Å²) in [6, 6.07) is 5.42. The first-order chi connectivity index (χ1) is 19.3. The molecule has 1 aliphatic rings. The van der Waals surface area contributed by atoms with Gasteiger partial charge in [-0.1, -0.05) is 6.07 Å². The fraction of sp³-hybridized carbons (Fsp3) is 0.536. The van der Waals surface area contributed by atoms with Crippen LogP contribution in [0, 0.1) is 11.7 Å². The largest absolute Gasteiger partial charge is 0.390 e. The molecule has 1 aromatic carbocycles. The standard InChI is InChI=1S/C28H36F4N6O2S/c1-17(2)38-25-20(15-33-27(35-25)34-21-8-5-18(6-9-21)16-37(3)4)13-22(26(38)39)19-7-10-24(23(29)14-19)36-41(40)12-11-28(30,31)32/h7,10,13-15,17-18,21,36H,5-6,8-9,11-12,16H2,1-4H3,(H,33,34,35). The molecule has 0 saturated heterocycles. The number of nitrogens with zero attached hydrogens (tertiary/aromatic N) is 4. The second-order valence-corrected chi connectivity index (χ2v) is 12.4. The summed E-state index contributed by atoms with van der Waals surface area (Å²) in [6.07, 6.45) is 0.202. The summed E-state index contributed by atoms with van der Waals surface area (Å²) < 4.78 is 67.9. The molecule has 0 radical (unpaired) electrons. The lowest BCUT2D eigenvalue weighted by molar-refractivity contribution is -0.129. The van der Waals surface area contributed by atoms with Crippen molar-refractivity contribution in [2.24, 2.45) is 5.92 Å². The van der Waals surface area contributed by atoms with Gasteiger partial charge in [-0.15, -0.1) is 0 Å². The second kappa shape index (κ2) is 12.8. The number of anilines is 2. The Morgan fingerprint density at radius 1 is 1.15 bits per heavy atom. The van der Waals surface area contributed by atoms with E-state index in [0.29, 0.717) is 22.9 Å². The van der Waals surface area contributed by atoms with Gasteiger partial charge >= 0.3 is 6.18 Å². The monoisotopic (exact) mass is 596 g/mol. The topological polar surface area (TPSA) is 92.1 Å². The first-order valence-electron chi connectivity index (χ1n) is 13.7. The third-order valence-corrected chi connectivity index (χ3v) is 8.19. The fourth-order valence-electron chi connectivity index (χ4n) is 5.21. The van der Waals surface area contributed by atoms with Crippen molar-refractivity contribution in [2.45, 2.75) is 64.2 Å². The first kappa shape index (κ1) is 30.9. The Bertz CT molecular complexity index is 1450. The quantitative estimate of drug-likeness (QED) is 0.290. The van der Waals surface area contributed by atoms with E-state index in [0.717, 1.165) is 38.3 Å². The molecule has 1 aliphatic carbocycles. The molecule has 8 nitrogen and oxygen atoms in total. The summed E-state index contributed by atoms with van der Waals surface area (Å²) in [5.41, 5.74) is 0.376. The first-order valence-corrected chi connectivity index (χ1v) is 15.0. The molecule has 1 fully saturated rings. The van der Waals surface area contributed by atoms with E-state index in [1.165, 1.54) is 12.1 Å². The molecule has 224 valence electrons. The molecule has 2 heterocycles. The van der Waals surface area contributed by atoms with E-state index < -0.39 is 35.2 Å². The van der Waals surface area contributed by atoms with Crippen molar-refractivity contribution < 1.29 is 21.8 Å². The average molecular weight is 597 g/mol. The van der Waals surface area contributed by atoms with Gasteiger partial charge in [0.05, 0.1) is 17.9 Å². The van der Waals surface area contributed by atoms with Crippen LogP contribution in [0.25, 0.3) is 22.2 Å². The summed E-state index contributed by atoms with van der Waals surface area (Å²) >= 11 is 0. The highest BCUT2D eigenvalue weighted by molar-refractivity contribution is 7.86. The normalized spacial score (nSPS) is 18.7. The average Bonchev–Trinajstić information content (AvgIpc) is 2.88. The Morgan fingerprint density at radius 3 is 2.46 bits per heavy atom. The molecule has 2 N–H and O–H groups in total. The number of aromatic nitrogens is 3. The van der Waals surface area contributed by atoms with Crippen LogP contribution < -0.4 is 15.6 Å². The van der Waals surface area contributed by atoms with Gasteiger partial charge in [0.2, 0.25) is 5.95 Å². The van der Waals surface area contributed by atoms with E-state index in [9.17, 15) is 26.6 Å². The van der Waals surface area contributed by atoms with Gasteiger partial charge in [0, 0.05) is 35.8 Å². The molecular weight excluding hydrogens is 560 g/mol. The number of fused-ring (bicyclic) bond motifs is 1. The van der Waals surface area contributed by atoms with E-state index in [2.05, 4.69) is 39.0 Å². The van der Waals surface area contributed by atoms with Crippen molar-refractivity contribution in [1.29, 1.82) is 0 Å². The zero-order valence-corrected chi connectivity index (χ0v) is 24.4. The molecule has 13 heteroatoms. The number of hydrogen-bond acceptors (Lipinski definition) is 6. The number of hydrogen-bond donors (Lipinski definition) is 2. The van der Waals surface area contributed by atoms with Crippen molar-refractivity contribution in [3.8, 4) is 11.1 Å². The molecule has 1 saturated carbocycles. The molecule has 4 rings (SSSR count).